The number of methoxy groups -OCH3 is 1. The van der Waals surface area contributed by atoms with Gasteiger partial charge in [0.05, 0.1) is 7.11 Å². The highest BCUT2D eigenvalue weighted by molar-refractivity contribution is 5.91. The Morgan fingerprint density at radius 3 is 2.64 bits per heavy atom. The zero-order valence-corrected chi connectivity index (χ0v) is 13.3. The van der Waals surface area contributed by atoms with Crippen LogP contribution in [0.5, 0.6) is 0 Å². The van der Waals surface area contributed by atoms with E-state index in [0.29, 0.717) is 0 Å². The molecule has 4 nitrogen and oxygen atoms in total. The molecular formula is C18H20N2O2. The Labute approximate surface area is 131 Å². The van der Waals surface area contributed by atoms with Gasteiger partial charge in [-0.2, -0.15) is 0 Å². The summed E-state index contributed by atoms with van der Waals surface area (Å²) in [6, 6.07) is 10.3. The zero-order valence-electron chi connectivity index (χ0n) is 13.3. The van der Waals surface area contributed by atoms with Gasteiger partial charge in [0, 0.05) is 43.8 Å². The number of aromatic nitrogens is 1. The van der Waals surface area contributed by atoms with Crippen LogP contribution < -0.4 is 4.90 Å². The predicted octanol–water partition coefficient (Wildman–Crippen LogP) is 3.39. The third-order valence-electron chi connectivity index (χ3n) is 3.43. The molecule has 0 amide bonds. The first-order valence-electron chi connectivity index (χ1n) is 7.00. The Morgan fingerprint density at radius 2 is 1.95 bits per heavy atom. The van der Waals surface area contributed by atoms with Crippen molar-refractivity contribution in [1.82, 2.24) is 4.98 Å². The first-order valence-corrected chi connectivity index (χ1v) is 7.00. The lowest BCUT2D eigenvalue weighted by Crippen LogP contribution is -2.08. The van der Waals surface area contributed by atoms with E-state index < -0.39 is 0 Å². The maximum absolute atomic E-state index is 11.3. The van der Waals surface area contributed by atoms with Gasteiger partial charge in [-0.3, -0.25) is 4.98 Å². The molecule has 0 saturated heterocycles. The molecule has 0 bridgehead atoms. The number of allylic oxidation sites excluding steroid dienone is 1. The SMILES string of the molecule is COC(=O)/C=C(\C)c1cncc(-c2cccc(N(C)C)c2)c1. The first-order chi connectivity index (χ1) is 10.5. The lowest BCUT2D eigenvalue weighted by atomic mass is 10.0. The van der Waals surface area contributed by atoms with Crippen molar-refractivity contribution in [3.8, 4) is 11.1 Å². The summed E-state index contributed by atoms with van der Waals surface area (Å²) in [6.45, 7) is 1.87. The smallest absolute Gasteiger partial charge is 0.330 e. The van der Waals surface area contributed by atoms with Gasteiger partial charge in [0.15, 0.2) is 0 Å². The van der Waals surface area contributed by atoms with Gasteiger partial charge in [-0.25, -0.2) is 4.79 Å². The minimum absolute atomic E-state index is 0.363. The highest BCUT2D eigenvalue weighted by Gasteiger charge is 2.05. The minimum Gasteiger partial charge on any atom is -0.466 e. The number of hydrogen-bond acceptors (Lipinski definition) is 4. The van der Waals surface area contributed by atoms with Crippen LogP contribution in [0.25, 0.3) is 16.7 Å². The molecule has 22 heavy (non-hydrogen) atoms. The summed E-state index contributed by atoms with van der Waals surface area (Å²) in [4.78, 5) is 17.7. The number of ether oxygens (including phenoxy) is 1. The van der Waals surface area contributed by atoms with Crippen LogP contribution in [-0.2, 0) is 9.53 Å². The molecule has 0 aliphatic carbocycles. The summed E-state index contributed by atoms with van der Waals surface area (Å²) in [5, 5.41) is 0. The fourth-order valence-electron chi connectivity index (χ4n) is 2.10. The molecule has 0 saturated carbocycles. The van der Waals surface area contributed by atoms with Crippen molar-refractivity contribution in [1.29, 1.82) is 0 Å². The van der Waals surface area contributed by atoms with E-state index >= 15 is 0 Å². The Balaban J connectivity index is 2.38. The summed E-state index contributed by atoms with van der Waals surface area (Å²) >= 11 is 0. The molecule has 4 heteroatoms. The second-order valence-corrected chi connectivity index (χ2v) is 5.26. The molecule has 1 heterocycles. The molecule has 0 aliphatic heterocycles. The highest BCUT2D eigenvalue weighted by Crippen LogP contribution is 2.25. The van der Waals surface area contributed by atoms with Gasteiger partial charge in [0.2, 0.25) is 0 Å². The molecule has 114 valence electrons. The Hall–Kier alpha value is -2.62. The van der Waals surface area contributed by atoms with Gasteiger partial charge in [-0.1, -0.05) is 12.1 Å². The number of carbonyl (C=O) groups is 1. The maximum atomic E-state index is 11.3. The van der Waals surface area contributed by atoms with Crippen LogP contribution in [0.1, 0.15) is 12.5 Å². The van der Waals surface area contributed by atoms with Gasteiger partial charge in [0.25, 0.3) is 0 Å². The van der Waals surface area contributed by atoms with Crippen LogP contribution in [0.3, 0.4) is 0 Å². The van der Waals surface area contributed by atoms with Crippen LogP contribution in [0.2, 0.25) is 0 Å². The van der Waals surface area contributed by atoms with Crippen molar-refractivity contribution in [3.63, 3.8) is 0 Å². The van der Waals surface area contributed by atoms with Gasteiger partial charge < -0.3 is 9.64 Å². The molecule has 0 radical (unpaired) electrons. The number of benzene rings is 1. The van der Waals surface area contributed by atoms with E-state index in [1.807, 2.05) is 45.4 Å². The van der Waals surface area contributed by atoms with Crippen molar-refractivity contribution >= 4 is 17.2 Å². The van der Waals surface area contributed by atoms with E-state index in [-0.39, 0.29) is 5.97 Å². The average molecular weight is 296 g/mol. The van der Waals surface area contributed by atoms with E-state index in [9.17, 15) is 4.79 Å². The number of rotatable bonds is 4. The molecule has 1 aromatic heterocycles. The summed E-state index contributed by atoms with van der Waals surface area (Å²) in [5.74, 6) is -0.363. The monoisotopic (exact) mass is 296 g/mol. The van der Waals surface area contributed by atoms with Crippen LogP contribution in [0, 0.1) is 0 Å². The number of carbonyl (C=O) groups excluding carboxylic acids is 1. The normalized spacial score (nSPS) is 11.2. The number of esters is 1. The maximum Gasteiger partial charge on any atom is 0.330 e. The highest BCUT2D eigenvalue weighted by atomic mass is 16.5. The number of anilines is 1. The van der Waals surface area contributed by atoms with Crippen molar-refractivity contribution in [3.05, 3.63) is 54.4 Å². The summed E-state index contributed by atoms with van der Waals surface area (Å²) < 4.78 is 4.66. The summed E-state index contributed by atoms with van der Waals surface area (Å²) in [6.07, 6.45) is 5.04. The van der Waals surface area contributed by atoms with Crippen LogP contribution in [-0.4, -0.2) is 32.2 Å². The largest absolute Gasteiger partial charge is 0.466 e. The Morgan fingerprint density at radius 1 is 1.18 bits per heavy atom. The molecule has 1 aromatic carbocycles. The topological polar surface area (TPSA) is 42.4 Å². The van der Waals surface area contributed by atoms with Gasteiger partial charge in [-0.05, 0) is 41.8 Å². The van der Waals surface area contributed by atoms with E-state index in [1.165, 1.54) is 13.2 Å². The van der Waals surface area contributed by atoms with Crippen LogP contribution >= 0.6 is 0 Å². The Bertz CT molecular complexity index is 706. The third-order valence-corrected chi connectivity index (χ3v) is 3.43. The lowest BCUT2D eigenvalue weighted by Gasteiger charge is -2.14. The van der Waals surface area contributed by atoms with Gasteiger partial charge in [0.1, 0.15) is 0 Å². The summed E-state index contributed by atoms with van der Waals surface area (Å²) in [7, 11) is 5.39. The molecule has 0 aliphatic rings. The van der Waals surface area contributed by atoms with Crippen molar-refractivity contribution in [2.45, 2.75) is 6.92 Å². The van der Waals surface area contributed by atoms with E-state index in [1.54, 1.807) is 6.20 Å². The standard InChI is InChI=1S/C18H20N2O2/c1-13(8-18(21)22-4)15-9-16(12-19-11-15)14-6-5-7-17(10-14)20(2)3/h5-12H,1-4H3/b13-8+. The molecule has 0 spiro atoms. The van der Waals surface area contributed by atoms with Gasteiger partial charge >= 0.3 is 5.97 Å². The van der Waals surface area contributed by atoms with E-state index in [4.69, 9.17) is 0 Å². The average Bonchev–Trinajstić information content (AvgIpc) is 2.54. The molecule has 0 unspecified atom stereocenters. The molecule has 2 aromatic rings. The number of pyridine rings is 1. The lowest BCUT2D eigenvalue weighted by molar-refractivity contribution is -0.134. The fraction of sp³-hybridized carbons (Fsp3) is 0.222. The predicted molar refractivity (Wildman–Crippen MR) is 89.7 cm³/mol. The fourth-order valence-corrected chi connectivity index (χ4v) is 2.10. The quantitative estimate of drug-likeness (QED) is 0.640. The van der Waals surface area contributed by atoms with Crippen molar-refractivity contribution in [2.75, 3.05) is 26.1 Å². The molecule has 0 N–H and O–H groups in total. The second kappa shape index (κ2) is 6.89. The van der Waals surface area contributed by atoms with Crippen LogP contribution in [0.15, 0.2) is 48.8 Å². The van der Waals surface area contributed by atoms with Crippen molar-refractivity contribution < 1.29 is 9.53 Å². The first kappa shape index (κ1) is 15.8. The second-order valence-electron chi connectivity index (χ2n) is 5.26. The molecule has 0 atom stereocenters. The van der Waals surface area contributed by atoms with Gasteiger partial charge in [-0.15, -0.1) is 0 Å². The Kier molecular flexibility index (Phi) is 4.94. The van der Waals surface area contributed by atoms with Crippen LogP contribution in [0.4, 0.5) is 5.69 Å². The molecular weight excluding hydrogens is 276 g/mol. The zero-order chi connectivity index (χ0) is 16.1. The number of hydrogen-bond donors (Lipinski definition) is 0. The summed E-state index contributed by atoms with van der Waals surface area (Å²) in [5.41, 5.74) is 4.96. The number of nitrogens with zero attached hydrogens (tertiary/aromatic N) is 2. The molecule has 0 fully saturated rings. The van der Waals surface area contributed by atoms with E-state index in [0.717, 1.165) is 28.0 Å². The minimum atomic E-state index is -0.363. The molecule has 2 rings (SSSR count). The van der Waals surface area contributed by atoms with Crippen molar-refractivity contribution in [2.24, 2.45) is 0 Å². The third kappa shape index (κ3) is 3.73. The van der Waals surface area contributed by atoms with E-state index in [2.05, 4.69) is 26.8 Å².